The second-order valence-corrected chi connectivity index (χ2v) is 6.83. The summed E-state index contributed by atoms with van der Waals surface area (Å²) in [5.74, 6) is 1.80. The molecule has 22 heavy (non-hydrogen) atoms. The van der Waals surface area contributed by atoms with Crippen molar-refractivity contribution in [1.29, 1.82) is 0 Å². The Hall–Kier alpha value is -1.91. The van der Waals surface area contributed by atoms with Crippen LogP contribution in [0.1, 0.15) is 42.5 Å². The van der Waals surface area contributed by atoms with Gasteiger partial charge in [0.2, 0.25) is 0 Å². The molecule has 3 atom stereocenters. The van der Waals surface area contributed by atoms with E-state index in [0.29, 0.717) is 11.6 Å². The Kier molecular flexibility index (Phi) is 3.56. The van der Waals surface area contributed by atoms with E-state index in [-0.39, 0.29) is 5.91 Å². The van der Waals surface area contributed by atoms with E-state index in [1.807, 2.05) is 12.1 Å². The number of nitrogens with one attached hydrogen (secondary N) is 1. The first kappa shape index (κ1) is 13.7. The second-order valence-electron chi connectivity index (χ2n) is 6.83. The third-order valence-electron chi connectivity index (χ3n) is 5.20. The third-order valence-corrected chi connectivity index (χ3v) is 5.20. The molecule has 4 heterocycles. The molecule has 5 heteroatoms. The van der Waals surface area contributed by atoms with Crippen molar-refractivity contribution < 1.29 is 4.79 Å². The summed E-state index contributed by atoms with van der Waals surface area (Å²) in [5.41, 5.74) is 1.51. The first-order valence-electron chi connectivity index (χ1n) is 8.28. The zero-order valence-corrected chi connectivity index (χ0v) is 12.7. The molecule has 2 aliphatic heterocycles. The van der Waals surface area contributed by atoms with Crippen molar-refractivity contribution in [3.63, 3.8) is 0 Å². The highest BCUT2D eigenvalue weighted by molar-refractivity contribution is 6.43. The topological polar surface area (TPSA) is 54.9 Å². The molecular weight excluding hydrogens is 273 g/mol. The van der Waals surface area contributed by atoms with Crippen molar-refractivity contribution in [2.45, 2.75) is 49.8 Å². The van der Waals surface area contributed by atoms with Crippen LogP contribution in [0.15, 0.2) is 30.7 Å². The van der Waals surface area contributed by atoms with Gasteiger partial charge in [0, 0.05) is 30.0 Å². The summed E-state index contributed by atoms with van der Waals surface area (Å²) < 4.78 is 0. The Morgan fingerprint density at radius 3 is 3.05 bits per heavy atom. The van der Waals surface area contributed by atoms with Crippen LogP contribution in [0.5, 0.6) is 0 Å². The van der Waals surface area contributed by atoms with Gasteiger partial charge in [0.15, 0.2) is 0 Å². The van der Waals surface area contributed by atoms with Crippen LogP contribution in [0.25, 0.3) is 10.9 Å². The minimum atomic E-state index is -0.000278. The van der Waals surface area contributed by atoms with E-state index in [2.05, 4.69) is 15.3 Å². The smallest absolute Gasteiger partial charge is 0.253 e. The molecule has 1 N–H and O–H groups in total. The van der Waals surface area contributed by atoms with Gasteiger partial charge < -0.3 is 5.32 Å². The molecule has 0 spiro atoms. The SMILES string of the molecule is O=C(NC1CCCC2BC(C2)C1)c1cnc2ccncc2c1. The number of hydrogen-bond donors (Lipinski definition) is 1. The van der Waals surface area contributed by atoms with Crippen LogP contribution in [-0.4, -0.2) is 29.2 Å². The molecule has 3 aliphatic rings. The monoisotopic (exact) mass is 293 g/mol. The predicted molar refractivity (Wildman–Crippen MR) is 88.5 cm³/mol. The maximum absolute atomic E-state index is 12.5. The number of fused-ring (bicyclic) bond motifs is 5. The molecule has 3 fully saturated rings. The average molecular weight is 293 g/mol. The van der Waals surface area contributed by atoms with Crippen LogP contribution in [0.4, 0.5) is 0 Å². The van der Waals surface area contributed by atoms with Crippen molar-refractivity contribution >= 4 is 24.1 Å². The summed E-state index contributed by atoms with van der Waals surface area (Å²) in [6.45, 7) is 0. The minimum absolute atomic E-state index is 0.000278. The molecule has 112 valence electrons. The first-order chi connectivity index (χ1) is 10.8. The molecular formula is C17H20BN3O. The molecule has 2 bridgehead atoms. The highest BCUT2D eigenvalue weighted by atomic mass is 16.1. The Bertz CT molecular complexity index is 696. The van der Waals surface area contributed by atoms with Gasteiger partial charge in [-0.1, -0.05) is 30.9 Å². The standard InChI is InChI=1S/C17H20BN3O/c22-17(12-6-11-9-19-5-4-16(11)20-10-12)21-15-3-1-2-13-7-14(8-15)18-13/h4-6,9-10,13-15,18H,1-3,7-8H2,(H,21,22). The van der Waals surface area contributed by atoms with Crippen LogP contribution in [-0.2, 0) is 0 Å². The van der Waals surface area contributed by atoms with Gasteiger partial charge in [-0.3, -0.25) is 14.8 Å². The van der Waals surface area contributed by atoms with Gasteiger partial charge in [0.1, 0.15) is 7.28 Å². The lowest BCUT2D eigenvalue weighted by molar-refractivity contribution is 0.0929. The van der Waals surface area contributed by atoms with Gasteiger partial charge in [-0.15, -0.1) is 0 Å². The van der Waals surface area contributed by atoms with E-state index in [9.17, 15) is 4.79 Å². The fraction of sp³-hybridized carbons (Fsp3) is 0.471. The lowest BCUT2D eigenvalue weighted by Gasteiger charge is -2.39. The number of carbonyl (C=O) groups is 1. The molecule has 2 aromatic heterocycles. The van der Waals surface area contributed by atoms with Crippen LogP contribution < -0.4 is 5.32 Å². The molecule has 1 saturated carbocycles. The Labute approximate surface area is 131 Å². The first-order valence-corrected chi connectivity index (χ1v) is 8.28. The molecule has 2 aromatic rings. The summed E-state index contributed by atoms with van der Waals surface area (Å²) in [5, 5.41) is 4.14. The van der Waals surface area contributed by atoms with E-state index in [1.165, 1.54) is 26.5 Å². The number of rotatable bonds is 2. The van der Waals surface area contributed by atoms with Crippen molar-refractivity contribution in [3.8, 4) is 0 Å². The number of aromatic nitrogens is 2. The molecule has 5 rings (SSSR count). The minimum Gasteiger partial charge on any atom is -0.349 e. The van der Waals surface area contributed by atoms with E-state index in [0.717, 1.165) is 35.4 Å². The van der Waals surface area contributed by atoms with Crippen molar-refractivity contribution in [2.75, 3.05) is 0 Å². The van der Waals surface area contributed by atoms with Crippen molar-refractivity contribution in [1.82, 2.24) is 15.3 Å². The van der Waals surface area contributed by atoms with Gasteiger partial charge in [-0.2, -0.15) is 0 Å². The van der Waals surface area contributed by atoms with E-state index < -0.39 is 0 Å². The molecule has 1 amide bonds. The normalized spacial score (nSPS) is 27.2. The zero-order valence-electron chi connectivity index (χ0n) is 12.7. The van der Waals surface area contributed by atoms with Crippen LogP contribution in [0.3, 0.4) is 0 Å². The van der Waals surface area contributed by atoms with Gasteiger partial charge in [0.25, 0.3) is 5.91 Å². The zero-order chi connectivity index (χ0) is 14.9. The van der Waals surface area contributed by atoms with Gasteiger partial charge in [-0.25, -0.2) is 0 Å². The average Bonchev–Trinajstić information content (AvgIpc) is 2.47. The molecule has 0 radical (unpaired) electrons. The number of carbonyl (C=O) groups excluding carboxylic acids is 1. The number of amides is 1. The number of nitrogens with zero attached hydrogens (tertiary/aromatic N) is 2. The van der Waals surface area contributed by atoms with E-state index in [4.69, 9.17) is 0 Å². The highest BCUT2D eigenvalue weighted by Crippen LogP contribution is 2.44. The Balaban J connectivity index is 1.47. The Morgan fingerprint density at radius 2 is 2.14 bits per heavy atom. The summed E-state index contributed by atoms with van der Waals surface area (Å²) in [7, 11) is 1.37. The van der Waals surface area contributed by atoms with E-state index >= 15 is 0 Å². The molecule has 2 saturated heterocycles. The number of pyridine rings is 2. The largest absolute Gasteiger partial charge is 0.349 e. The third kappa shape index (κ3) is 2.72. The number of hydrogen-bond acceptors (Lipinski definition) is 3. The van der Waals surface area contributed by atoms with Crippen molar-refractivity contribution in [2.24, 2.45) is 0 Å². The van der Waals surface area contributed by atoms with Gasteiger partial charge in [-0.05, 0) is 25.0 Å². The Morgan fingerprint density at radius 1 is 1.23 bits per heavy atom. The quantitative estimate of drug-likeness (QED) is 0.866. The summed E-state index contributed by atoms with van der Waals surface area (Å²) in [6, 6.07) is 4.06. The fourth-order valence-electron chi connectivity index (χ4n) is 3.97. The second kappa shape index (κ2) is 5.71. The lowest BCUT2D eigenvalue weighted by atomic mass is 9.38. The summed E-state index contributed by atoms with van der Waals surface area (Å²) in [4.78, 5) is 20.9. The van der Waals surface area contributed by atoms with Crippen LogP contribution in [0.2, 0.25) is 11.6 Å². The fourth-order valence-corrected chi connectivity index (χ4v) is 3.97. The van der Waals surface area contributed by atoms with Gasteiger partial charge >= 0.3 is 0 Å². The molecule has 0 aromatic carbocycles. The summed E-state index contributed by atoms with van der Waals surface area (Å²) in [6.07, 6.45) is 11.3. The predicted octanol–water partition coefficient (Wildman–Crippen LogP) is 2.72. The lowest BCUT2D eigenvalue weighted by Crippen LogP contribution is -2.40. The van der Waals surface area contributed by atoms with Crippen LogP contribution in [0, 0.1) is 0 Å². The molecule has 1 aliphatic carbocycles. The highest BCUT2D eigenvalue weighted by Gasteiger charge is 2.34. The van der Waals surface area contributed by atoms with Crippen molar-refractivity contribution in [3.05, 3.63) is 36.3 Å². The van der Waals surface area contributed by atoms with E-state index in [1.54, 1.807) is 18.6 Å². The molecule has 4 nitrogen and oxygen atoms in total. The summed E-state index contributed by atoms with van der Waals surface area (Å²) >= 11 is 0. The van der Waals surface area contributed by atoms with Crippen LogP contribution >= 0.6 is 0 Å². The van der Waals surface area contributed by atoms with Gasteiger partial charge in [0.05, 0.1) is 11.1 Å². The maximum Gasteiger partial charge on any atom is 0.253 e. The maximum atomic E-state index is 12.5. The molecule has 3 unspecified atom stereocenters.